The highest BCUT2D eigenvalue weighted by Gasteiger charge is 2.03. The van der Waals surface area contributed by atoms with E-state index in [2.05, 4.69) is 21.0 Å². The van der Waals surface area contributed by atoms with Crippen molar-refractivity contribution in [2.75, 3.05) is 5.73 Å². The minimum atomic E-state index is -0.103. The lowest BCUT2D eigenvalue weighted by Crippen LogP contribution is -2.22. The molecule has 2 rings (SSSR count). The largest absolute Gasteiger partial charge is 0.399 e. The van der Waals surface area contributed by atoms with Crippen LogP contribution < -0.4 is 11.3 Å². The van der Waals surface area contributed by atoms with E-state index in [4.69, 9.17) is 5.73 Å². The summed E-state index contributed by atoms with van der Waals surface area (Å²) < 4.78 is 2.30. The van der Waals surface area contributed by atoms with E-state index in [9.17, 15) is 4.79 Å². The molecule has 1 heterocycles. The molecule has 0 saturated heterocycles. The summed E-state index contributed by atoms with van der Waals surface area (Å²) in [4.78, 5) is 11.7. The average Bonchev–Trinajstić information content (AvgIpc) is 2.25. The van der Waals surface area contributed by atoms with Crippen molar-refractivity contribution < 1.29 is 0 Å². The van der Waals surface area contributed by atoms with Gasteiger partial charge in [0.1, 0.15) is 0 Å². The molecule has 0 unspecified atom stereocenters. The minimum absolute atomic E-state index is 0.103. The summed E-state index contributed by atoms with van der Waals surface area (Å²) in [6.45, 7) is 2.28. The summed E-state index contributed by atoms with van der Waals surface area (Å²) in [6.07, 6.45) is 1.67. The third kappa shape index (κ3) is 2.74. The van der Waals surface area contributed by atoms with Crippen LogP contribution in [0, 0.1) is 6.92 Å². The van der Waals surface area contributed by atoms with Gasteiger partial charge in [0.2, 0.25) is 0 Å². The number of nitrogen functional groups attached to an aromatic ring is 1. The normalized spacial score (nSPS) is 10.5. The molecule has 0 saturated carbocycles. The maximum absolute atomic E-state index is 11.7. The fourth-order valence-electron chi connectivity index (χ4n) is 1.50. The van der Waals surface area contributed by atoms with Crippen molar-refractivity contribution >= 4 is 21.6 Å². The van der Waals surface area contributed by atoms with Gasteiger partial charge in [0.15, 0.2) is 0 Å². The van der Waals surface area contributed by atoms with Crippen LogP contribution >= 0.6 is 15.9 Å². The predicted molar refractivity (Wildman–Crippen MR) is 70.9 cm³/mol. The first-order valence-electron chi connectivity index (χ1n) is 5.14. The van der Waals surface area contributed by atoms with Crippen LogP contribution in [-0.2, 0) is 6.54 Å². The number of benzene rings is 1. The van der Waals surface area contributed by atoms with Crippen LogP contribution in [0.2, 0.25) is 0 Å². The monoisotopic (exact) mass is 293 g/mol. The highest BCUT2D eigenvalue weighted by atomic mass is 79.9. The first-order valence-corrected chi connectivity index (χ1v) is 5.93. The lowest BCUT2D eigenvalue weighted by molar-refractivity contribution is 0.634. The van der Waals surface area contributed by atoms with E-state index in [0.717, 1.165) is 15.6 Å². The number of nitrogens with two attached hydrogens (primary N) is 1. The van der Waals surface area contributed by atoms with Crippen LogP contribution in [0.1, 0.15) is 11.1 Å². The molecule has 0 atom stereocenters. The Balaban J connectivity index is 2.35. The molecule has 17 heavy (non-hydrogen) atoms. The second-order valence-electron chi connectivity index (χ2n) is 3.88. The molecule has 0 radical (unpaired) electrons. The third-order valence-electron chi connectivity index (χ3n) is 2.40. The first-order chi connectivity index (χ1) is 8.06. The van der Waals surface area contributed by atoms with E-state index in [1.54, 1.807) is 18.3 Å². The van der Waals surface area contributed by atoms with E-state index in [-0.39, 0.29) is 5.56 Å². The lowest BCUT2D eigenvalue weighted by atomic mass is 10.2. The molecule has 0 aliphatic carbocycles. The predicted octanol–water partition coefficient (Wildman–Crippen LogP) is 1.94. The van der Waals surface area contributed by atoms with Crippen molar-refractivity contribution in [1.82, 2.24) is 9.78 Å². The molecular formula is C12H12BrN3O. The second kappa shape index (κ2) is 4.71. The van der Waals surface area contributed by atoms with Gasteiger partial charge in [0.05, 0.1) is 12.7 Å². The molecule has 2 aromatic rings. The summed E-state index contributed by atoms with van der Waals surface area (Å²) in [5.74, 6) is 0. The number of aromatic nitrogens is 2. The van der Waals surface area contributed by atoms with Crippen LogP contribution in [0.15, 0.2) is 39.7 Å². The van der Waals surface area contributed by atoms with E-state index in [1.165, 1.54) is 4.68 Å². The van der Waals surface area contributed by atoms with Crippen molar-refractivity contribution in [3.8, 4) is 0 Å². The maximum Gasteiger partial charge on any atom is 0.267 e. The lowest BCUT2D eigenvalue weighted by Gasteiger charge is -2.07. The van der Waals surface area contributed by atoms with Gasteiger partial charge in [-0.15, -0.1) is 0 Å². The zero-order valence-corrected chi connectivity index (χ0v) is 10.9. The fourth-order valence-corrected chi connectivity index (χ4v) is 2.02. The van der Waals surface area contributed by atoms with Crippen molar-refractivity contribution in [2.24, 2.45) is 0 Å². The zero-order valence-electron chi connectivity index (χ0n) is 9.35. The molecule has 1 aromatic heterocycles. The third-order valence-corrected chi connectivity index (χ3v) is 3.14. The Bertz CT molecular complexity index is 607. The molecular weight excluding hydrogens is 282 g/mol. The highest BCUT2D eigenvalue weighted by Crippen LogP contribution is 2.20. The van der Waals surface area contributed by atoms with Crippen LogP contribution in [0.3, 0.4) is 0 Å². The number of nitrogens with zero attached hydrogens (tertiary/aromatic N) is 2. The van der Waals surface area contributed by atoms with Crippen LogP contribution in [0.25, 0.3) is 0 Å². The van der Waals surface area contributed by atoms with Gasteiger partial charge in [-0.2, -0.15) is 5.10 Å². The van der Waals surface area contributed by atoms with Crippen LogP contribution in [-0.4, -0.2) is 9.78 Å². The van der Waals surface area contributed by atoms with E-state index >= 15 is 0 Å². The second-order valence-corrected chi connectivity index (χ2v) is 4.73. The molecule has 88 valence electrons. The van der Waals surface area contributed by atoms with Gasteiger partial charge >= 0.3 is 0 Å². The summed E-state index contributed by atoms with van der Waals surface area (Å²) in [5, 5.41) is 4.09. The molecule has 0 amide bonds. The Morgan fingerprint density at radius 3 is 2.82 bits per heavy atom. The number of hydrogen-bond donors (Lipinski definition) is 1. The Morgan fingerprint density at radius 2 is 2.18 bits per heavy atom. The van der Waals surface area contributed by atoms with Gasteiger partial charge < -0.3 is 5.73 Å². The SMILES string of the molecule is Cc1cnn(Cc2ccc(N)cc2Br)c(=O)c1. The number of rotatable bonds is 2. The number of aryl methyl sites for hydroxylation is 1. The molecule has 0 aliphatic heterocycles. The zero-order chi connectivity index (χ0) is 12.4. The molecule has 0 aliphatic rings. The standard InChI is InChI=1S/C12H12BrN3O/c1-8-4-12(17)16(15-6-8)7-9-2-3-10(14)5-11(9)13/h2-6H,7,14H2,1H3. The topological polar surface area (TPSA) is 60.9 Å². The molecule has 1 aromatic carbocycles. The Kier molecular flexibility index (Phi) is 3.28. The van der Waals surface area contributed by atoms with Crippen molar-refractivity contribution in [3.63, 3.8) is 0 Å². The smallest absolute Gasteiger partial charge is 0.267 e. The molecule has 2 N–H and O–H groups in total. The Labute approximate surface area is 107 Å². The van der Waals surface area contributed by atoms with Crippen molar-refractivity contribution in [3.05, 3.63) is 56.4 Å². The van der Waals surface area contributed by atoms with Crippen LogP contribution in [0.5, 0.6) is 0 Å². The number of hydrogen-bond acceptors (Lipinski definition) is 3. The van der Waals surface area contributed by atoms with Gasteiger partial charge in [-0.25, -0.2) is 4.68 Å². The van der Waals surface area contributed by atoms with Gasteiger partial charge in [-0.1, -0.05) is 22.0 Å². The van der Waals surface area contributed by atoms with Gasteiger partial charge in [0.25, 0.3) is 5.56 Å². The molecule has 4 nitrogen and oxygen atoms in total. The molecule has 0 spiro atoms. The quantitative estimate of drug-likeness (QED) is 0.861. The van der Waals surface area contributed by atoms with Crippen LogP contribution in [0.4, 0.5) is 5.69 Å². The highest BCUT2D eigenvalue weighted by molar-refractivity contribution is 9.10. The summed E-state index contributed by atoms with van der Waals surface area (Å²) in [7, 11) is 0. The number of anilines is 1. The fraction of sp³-hybridized carbons (Fsp3) is 0.167. The maximum atomic E-state index is 11.7. The van der Waals surface area contributed by atoms with E-state index in [0.29, 0.717) is 12.2 Å². The average molecular weight is 294 g/mol. The summed E-state index contributed by atoms with van der Waals surface area (Å²) >= 11 is 3.42. The first kappa shape index (κ1) is 11.9. The molecule has 0 fully saturated rings. The van der Waals surface area contributed by atoms with Crippen molar-refractivity contribution in [2.45, 2.75) is 13.5 Å². The van der Waals surface area contributed by atoms with E-state index < -0.39 is 0 Å². The number of halogens is 1. The van der Waals surface area contributed by atoms with Gasteiger partial charge in [-0.05, 0) is 30.2 Å². The Hall–Kier alpha value is -1.62. The van der Waals surface area contributed by atoms with E-state index in [1.807, 2.05) is 19.1 Å². The minimum Gasteiger partial charge on any atom is -0.399 e. The molecule has 0 bridgehead atoms. The Morgan fingerprint density at radius 1 is 1.41 bits per heavy atom. The van der Waals surface area contributed by atoms with Gasteiger partial charge in [-0.3, -0.25) is 4.79 Å². The summed E-state index contributed by atoms with van der Waals surface area (Å²) in [6, 6.07) is 7.07. The molecule has 5 heteroatoms. The van der Waals surface area contributed by atoms with Crippen molar-refractivity contribution in [1.29, 1.82) is 0 Å². The van der Waals surface area contributed by atoms with Gasteiger partial charge in [0, 0.05) is 16.2 Å². The summed E-state index contributed by atoms with van der Waals surface area (Å²) in [5.41, 5.74) is 8.07.